The summed E-state index contributed by atoms with van der Waals surface area (Å²) in [6.45, 7) is 2.75. The third-order valence-corrected chi connectivity index (χ3v) is 4.14. The molecule has 2 rings (SSSR count). The molecule has 6 nitrogen and oxygen atoms in total. The molecule has 0 aliphatic carbocycles. The van der Waals surface area contributed by atoms with Crippen molar-refractivity contribution in [2.75, 3.05) is 25.1 Å². The standard InChI is InChI=1S/C16H22ClF2N3O3/c1-16(2,24)13(19)7-21-15(23)9-6-20-14(17)5-11(9)22-12-8-25-4-3-10(12)18/h5-6,10,12-13,24H,3-4,7-8H2,1-2H3,(H,20,22)(H,21,23). The van der Waals surface area contributed by atoms with Gasteiger partial charge in [-0.15, -0.1) is 0 Å². The first-order valence-electron chi connectivity index (χ1n) is 7.97. The lowest BCUT2D eigenvalue weighted by Gasteiger charge is -2.28. The van der Waals surface area contributed by atoms with Crippen molar-refractivity contribution < 1.29 is 23.4 Å². The predicted octanol–water partition coefficient (Wildman–Crippen LogP) is 2.11. The summed E-state index contributed by atoms with van der Waals surface area (Å²) in [6.07, 6.45) is -1.28. The van der Waals surface area contributed by atoms with Crippen molar-refractivity contribution in [3.63, 3.8) is 0 Å². The Morgan fingerprint density at radius 2 is 2.32 bits per heavy atom. The van der Waals surface area contributed by atoms with Crippen LogP contribution in [0.15, 0.2) is 12.3 Å². The number of carbonyl (C=O) groups excluding carboxylic acids is 1. The Hall–Kier alpha value is -1.51. The van der Waals surface area contributed by atoms with E-state index in [1.54, 1.807) is 0 Å². The van der Waals surface area contributed by atoms with Crippen LogP contribution in [0.2, 0.25) is 5.15 Å². The SMILES string of the molecule is CC(C)(O)C(F)CNC(=O)c1cnc(Cl)cc1NC1COCCC1F. The third kappa shape index (κ3) is 5.49. The highest BCUT2D eigenvalue weighted by molar-refractivity contribution is 6.29. The van der Waals surface area contributed by atoms with Gasteiger partial charge in [-0.25, -0.2) is 13.8 Å². The number of alkyl halides is 2. The number of nitrogens with one attached hydrogen (secondary N) is 2. The molecule has 2 heterocycles. The van der Waals surface area contributed by atoms with Crippen molar-refractivity contribution in [1.82, 2.24) is 10.3 Å². The molecule has 3 atom stereocenters. The van der Waals surface area contributed by atoms with Gasteiger partial charge in [-0.2, -0.15) is 0 Å². The summed E-state index contributed by atoms with van der Waals surface area (Å²) in [5, 5.41) is 15.0. The lowest BCUT2D eigenvalue weighted by Crippen LogP contribution is -2.43. The number of nitrogens with zero attached hydrogens (tertiary/aromatic N) is 1. The Labute approximate surface area is 149 Å². The van der Waals surface area contributed by atoms with Gasteiger partial charge in [0.1, 0.15) is 17.5 Å². The second-order valence-electron chi connectivity index (χ2n) is 6.51. The minimum absolute atomic E-state index is 0.102. The Bertz CT molecular complexity index is 613. The number of amides is 1. The highest BCUT2D eigenvalue weighted by atomic mass is 35.5. The van der Waals surface area contributed by atoms with E-state index in [-0.39, 0.29) is 36.0 Å². The number of anilines is 1. The fourth-order valence-corrected chi connectivity index (χ4v) is 2.46. The quantitative estimate of drug-likeness (QED) is 0.661. The normalized spacial score (nSPS) is 22.3. The zero-order valence-electron chi connectivity index (χ0n) is 14.1. The number of carbonyl (C=O) groups is 1. The van der Waals surface area contributed by atoms with Gasteiger partial charge in [0.15, 0.2) is 0 Å². The van der Waals surface area contributed by atoms with Crippen LogP contribution in [-0.4, -0.2) is 59.7 Å². The molecule has 0 saturated carbocycles. The van der Waals surface area contributed by atoms with Crippen LogP contribution in [-0.2, 0) is 4.74 Å². The number of aliphatic hydroxyl groups is 1. The predicted molar refractivity (Wildman–Crippen MR) is 90.5 cm³/mol. The highest BCUT2D eigenvalue weighted by Crippen LogP contribution is 2.23. The van der Waals surface area contributed by atoms with E-state index in [9.17, 15) is 18.7 Å². The van der Waals surface area contributed by atoms with Crippen LogP contribution in [0.3, 0.4) is 0 Å². The number of hydrogen-bond acceptors (Lipinski definition) is 5. The van der Waals surface area contributed by atoms with Gasteiger partial charge in [0.2, 0.25) is 0 Å². The molecular formula is C16H22ClF2N3O3. The lowest BCUT2D eigenvalue weighted by atomic mass is 10.0. The van der Waals surface area contributed by atoms with E-state index >= 15 is 0 Å². The van der Waals surface area contributed by atoms with Crippen molar-refractivity contribution in [2.24, 2.45) is 0 Å². The van der Waals surface area contributed by atoms with Crippen molar-refractivity contribution >= 4 is 23.2 Å². The van der Waals surface area contributed by atoms with Gasteiger partial charge in [-0.3, -0.25) is 4.79 Å². The molecule has 1 aromatic heterocycles. The molecule has 0 bridgehead atoms. The number of hydrogen-bond donors (Lipinski definition) is 3. The van der Waals surface area contributed by atoms with E-state index < -0.39 is 29.9 Å². The molecular weight excluding hydrogens is 356 g/mol. The number of halogens is 3. The first-order chi connectivity index (χ1) is 11.7. The van der Waals surface area contributed by atoms with Crippen LogP contribution >= 0.6 is 11.6 Å². The Balaban J connectivity index is 2.10. The summed E-state index contributed by atoms with van der Waals surface area (Å²) in [4.78, 5) is 16.2. The molecule has 1 saturated heterocycles. The summed E-state index contributed by atoms with van der Waals surface area (Å²) < 4.78 is 33.0. The molecule has 25 heavy (non-hydrogen) atoms. The zero-order valence-corrected chi connectivity index (χ0v) is 14.8. The first-order valence-corrected chi connectivity index (χ1v) is 8.35. The molecule has 140 valence electrons. The van der Waals surface area contributed by atoms with Gasteiger partial charge in [0, 0.05) is 19.2 Å². The van der Waals surface area contributed by atoms with E-state index in [0.717, 1.165) is 0 Å². The zero-order chi connectivity index (χ0) is 18.6. The maximum Gasteiger partial charge on any atom is 0.255 e. The second kappa shape index (κ2) is 8.25. The van der Waals surface area contributed by atoms with Crippen LogP contribution in [0.25, 0.3) is 0 Å². The van der Waals surface area contributed by atoms with Crippen LogP contribution in [0.5, 0.6) is 0 Å². The average molecular weight is 378 g/mol. The second-order valence-corrected chi connectivity index (χ2v) is 6.90. The molecule has 9 heteroatoms. The van der Waals surface area contributed by atoms with E-state index in [1.165, 1.54) is 26.1 Å². The Morgan fingerprint density at radius 1 is 1.60 bits per heavy atom. The van der Waals surface area contributed by atoms with Crippen molar-refractivity contribution in [1.29, 1.82) is 0 Å². The number of ether oxygens (including phenoxy) is 1. The number of pyridine rings is 1. The Kier molecular flexibility index (Phi) is 6.53. The van der Waals surface area contributed by atoms with E-state index in [0.29, 0.717) is 6.61 Å². The molecule has 1 fully saturated rings. The fourth-order valence-electron chi connectivity index (χ4n) is 2.30. The number of aromatic nitrogens is 1. The van der Waals surface area contributed by atoms with Gasteiger partial charge in [0.25, 0.3) is 5.91 Å². The number of rotatable bonds is 6. The molecule has 1 aliphatic heterocycles. The lowest BCUT2D eigenvalue weighted by molar-refractivity contribution is -0.00178. The third-order valence-electron chi connectivity index (χ3n) is 3.94. The first kappa shape index (κ1) is 19.8. The minimum atomic E-state index is -1.64. The van der Waals surface area contributed by atoms with Gasteiger partial charge >= 0.3 is 0 Å². The van der Waals surface area contributed by atoms with Gasteiger partial charge in [-0.1, -0.05) is 11.6 Å². The summed E-state index contributed by atoms with van der Waals surface area (Å²) in [7, 11) is 0. The Morgan fingerprint density at radius 3 is 2.96 bits per heavy atom. The molecule has 1 aromatic rings. The summed E-state index contributed by atoms with van der Waals surface area (Å²) in [5.41, 5.74) is -1.19. The molecule has 1 amide bonds. The van der Waals surface area contributed by atoms with E-state index in [1.807, 2.05) is 0 Å². The maximum atomic E-state index is 14.0. The molecule has 1 aliphatic rings. The van der Waals surface area contributed by atoms with E-state index in [2.05, 4.69) is 15.6 Å². The topological polar surface area (TPSA) is 83.5 Å². The maximum absolute atomic E-state index is 14.0. The molecule has 0 radical (unpaired) electrons. The van der Waals surface area contributed by atoms with Gasteiger partial charge < -0.3 is 20.5 Å². The highest BCUT2D eigenvalue weighted by Gasteiger charge is 2.29. The van der Waals surface area contributed by atoms with Crippen LogP contribution in [0.4, 0.5) is 14.5 Å². The van der Waals surface area contributed by atoms with E-state index in [4.69, 9.17) is 16.3 Å². The summed E-state index contributed by atoms with van der Waals surface area (Å²) >= 11 is 5.86. The van der Waals surface area contributed by atoms with Gasteiger partial charge in [-0.05, 0) is 19.9 Å². The molecule has 3 N–H and O–H groups in total. The molecule has 3 unspecified atom stereocenters. The van der Waals surface area contributed by atoms with Crippen molar-refractivity contribution in [3.05, 3.63) is 23.0 Å². The average Bonchev–Trinajstić information content (AvgIpc) is 2.53. The van der Waals surface area contributed by atoms with Gasteiger partial charge in [0.05, 0.1) is 36.0 Å². The molecule has 0 aromatic carbocycles. The fraction of sp³-hybridized carbons (Fsp3) is 0.625. The summed E-state index contributed by atoms with van der Waals surface area (Å²) in [6, 6.07) is 0.782. The van der Waals surface area contributed by atoms with Crippen LogP contribution in [0.1, 0.15) is 30.6 Å². The summed E-state index contributed by atoms with van der Waals surface area (Å²) in [5.74, 6) is -0.606. The van der Waals surface area contributed by atoms with Crippen molar-refractivity contribution in [2.45, 2.75) is 44.3 Å². The largest absolute Gasteiger partial charge is 0.387 e. The minimum Gasteiger partial charge on any atom is -0.387 e. The van der Waals surface area contributed by atoms with Crippen LogP contribution < -0.4 is 10.6 Å². The smallest absolute Gasteiger partial charge is 0.255 e. The van der Waals surface area contributed by atoms with Crippen LogP contribution in [0, 0.1) is 0 Å². The van der Waals surface area contributed by atoms with Crippen molar-refractivity contribution in [3.8, 4) is 0 Å². The monoisotopic (exact) mass is 377 g/mol. The molecule has 0 spiro atoms.